The molecule has 5 nitrogen and oxygen atoms in total. The van der Waals surface area contributed by atoms with Gasteiger partial charge in [-0.05, 0) is 24.3 Å². The van der Waals surface area contributed by atoms with Crippen LogP contribution in [0.2, 0.25) is 0 Å². The molecule has 6 heteroatoms. The lowest BCUT2D eigenvalue weighted by Gasteiger charge is -2.11. The smallest absolute Gasteiger partial charge is 0.339 e. The number of nitrogens with one attached hydrogen (secondary N) is 2. The minimum Gasteiger partial charge on any atom is -0.465 e. The number of anilines is 2. The summed E-state index contributed by atoms with van der Waals surface area (Å²) in [6, 6.07) is 12.5. The summed E-state index contributed by atoms with van der Waals surface area (Å²) in [4.78, 5) is 23.4. The van der Waals surface area contributed by atoms with Crippen molar-refractivity contribution in [2.24, 2.45) is 0 Å². The summed E-state index contributed by atoms with van der Waals surface area (Å²) in [5.74, 6) is -1.44. The molecule has 0 fully saturated rings. The second-order valence-electron chi connectivity index (χ2n) is 4.42. The van der Waals surface area contributed by atoms with Crippen LogP contribution in [0.4, 0.5) is 15.8 Å². The fourth-order valence-electron chi connectivity index (χ4n) is 1.86. The first-order valence-corrected chi connectivity index (χ1v) is 6.57. The minimum atomic E-state index is -0.509. The lowest BCUT2D eigenvalue weighted by Crippen LogP contribution is -2.23. The predicted molar refractivity (Wildman–Crippen MR) is 81.3 cm³/mol. The Hall–Kier alpha value is -2.89. The number of methoxy groups -OCH3 is 1. The van der Waals surface area contributed by atoms with E-state index in [1.54, 1.807) is 30.3 Å². The quantitative estimate of drug-likeness (QED) is 0.833. The molecule has 0 atom stereocenters. The molecule has 2 aromatic carbocycles. The third-order valence-corrected chi connectivity index (χ3v) is 2.92. The predicted octanol–water partition coefficient (Wildman–Crippen LogP) is 2.66. The van der Waals surface area contributed by atoms with E-state index in [-0.39, 0.29) is 12.2 Å². The summed E-state index contributed by atoms with van der Waals surface area (Å²) in [6.45, 7) is -0.109. The maximum atomic E-state index is 13.4. The van der Waals surface area contributed by atoms with E-state index >= 15 is 0 Å². The Morgan fingerprint density at radius 2 is 1.68 bits per heavy atom. The van der Waals surface area contributed by atoms with Crippen LogP contribution in [0.3, 0.4) is 0 Å². The highest BCUT2D eigenvalue weighted by atomic mass is 19.1. The molecule has 0 radical (unpaired) electrons. The molecule has 0 aromatic heterocycles. The van der Waals surface area contributed by atoms with Gasteiger partial charge in [-0.2, -0.15) is 0 Å². The van der Waals surface area contributed by atoms with Gasteiger partial charge in [-0.25, -0.2) is 9.18 Å². The first kappa shape index (κ1) is 15.5. The molecule has 0 aliphatic rings. The minimum absolute atomic E-state index is 0.107. The number of halogens is 1. The number of benzene rings is 2. The Morgan fingerprint density at radius 1 is 1.05 bits per heavy atom. The van der Waals surface area contributed by atoms with E-state index < -0.39 is 17.7 Å². The van der Waals surface area contributed by atoms with Crippen LogP contribution in [0, 0.1) is 5.82 Å². The van der Waals surface area contributed by atoms with Crippen LogP contribution in [0.25, 0.3) is 0 Å². The van der Waals surface area contributed by atoms with Crippen molar-refractivity contribution in [3.8, 4) is 0 Å². The molecular formula is C16H15FN2O3. The van der Waals surface area contributed by atoms with Crippen molar-refractivity contribution in [2.45, 2.75) is 0 Å². The van der Waals surface area contributed by atoms with Crippen molar-refractivity contribution in [2.75, 3.05) is 24.3 Å². The van der Waals surface area contributed by atoms with E-state index in [4.69, 9.17) is 0 Å². The Labute approximate surface area is 127 Å². The van der Waals surface area contributed by atoms with Gasteiger partial charge in [0.2, 0.25) is 5.91 Å². The van der Waals surface area contributed by atoms with Crippen LogP contribution in [-0.2, 0) is 9.53 Å². The molecule has 114 valence electrons. The number of hydrogen-bond donors (Lipinski definition) is 2. The van der Waals surface area contributed by atoms with E-state index in [1.807, 2.05) is 0 Å². The molecule has 2 aromatic rings. The van der Waals surface area contributed by atoms with Gasteiger partial charge in [-0.1, -0.05) is 24.3 Å². The summed E-state index contributed by atoms with van der Waals surface area (Å²) in [5.41, 5.74) is 0.900. The third kappa shape index (κ3) is 3.82. The molecule has 0 heterocycles. The number of carbonyl (C=O) groups excluding carboxylic acids is 2. The first-order chi connectivity index (χ1) is 10.6. The summed E-state index contributed by atoms with van der Waals surface area (Å²) in [6.07, 6.45) is 0. The molecule has 0 saturated heterocycles. The van der Waals surface area contributed by atoms with Crippen molar-refractivity contribution >= 4 is 23.3 Å². The van der Waals surface area contributed by atoms with E-state index in [9.17, 15) is 14.0 Å². The molecule has 0 bridgehead atoms. The highest BCUT2D eigenvalue weighted by Crippen LogP contribution is 2.16. The van der Waals surface area contributed by atoms with Crippen molar-refractivity contribution in [3.05, 3.63) is 59.9 Å². The molecule has 1 amide bonds. The monoisotopic (exact) mass is 302 g/mol. The van der Waals surface area contributed by atoms with Crippen LogP contribution in [0.15, 0.2) is 48.5 Å². The Balaban J connectivity index is 2.00. The largest absolute Gasteiger partial charge is 0.465 e. The van der Waals surface area contributed by atoms with Crippen LogP contribution in [0.5, 0.6) is 0 Å². The van der Waals surface area contributed by atoms with Crippen LogP contribution in [-0.4, -0.2) is 25.5 Å². The van der Waals surface area contributed by atoms with Gasteiger partial charge in [-0.15, -0.1) is 0 Å². The fraction of sp³-hybridized carbons (Fsp3) is 0.125. The summed E-state index contributed by atoms with van der Waals surface area (Å²) >= 11 is 0. The Bertz CT molecular complexity index is 689. The summed E-state index contributed by atoms with van der Waals surface area (Å²) in [5, 5.41) is 5.28. The van der Waals surface area contributed by atoms with Gasteiger partial charge in [0.15, 0.2) is 0 Å². The first-order valence-electron chi connectivity index (χ1n) is 6.57. The fourth-order valence-corrected chi connectivity index (χ4v) is 1.86. The van der Waals surface area contributed by atoms with Crippen molar-refractivity contribution < 1.29 is 18.7 Å². The number of carbonyl (C=O) groups is 2. The van der Waals surface area contributed by atoms with Crippen molar-refractivity contribution in [3.63, 3.8) is 0 Å². The van der Waals surface area contributed by atoms with Crippen LogP contribution in [0.1, 0.15) is 10.4 Å². The van der Waals surface area contributed by atoms with Gasteiger partial charge in [0.25, 0.3) is 0 Å². The molecule has 0 aliphatic carbocycles. The lowest BCUT2D eigenvalue weighted by atomic mass is 10.2. The van der Waals surface area contributed by atoms with Gasteiger partial charge in [0.05, 0.1) is 24.9 Å². The van der Waals surface area contributed by atoms with Crippen LogP contribution < -0.4 is 10.6 Å². The second-order valence-corrected chi connectivity index (χ2v) is 4.42. The topological polar surface area (TPSA) is 67.4 Å². The van der Waals surface area contributed by atoms with E-state index in [1.165, 1.54) is 25.3 Å². The number of hydrogen-bond acceptors (Lipinski definition) is 4. The zero-order valence-corrected chi connectivity index (χ0v) is 11.9. The number of esters is 1. The molecular weight excluding hydrogens is 287 g/mol. The van der Waals surface area contributed by atoms with Gasteiger partial charge in [-0.3, -0.25) is 4.79 Å². The van der Waals surface area contributed by atoms with E-state index in [0.717, 1.165) is 0 Å². The average molecular weight is 302 g/mol. The third-order valence-electron chi connectivity index (χ3n) is 2.92. The molecule has 0 saturated carbocycles. The van der Waals surface area contributed by atoms with Crippen molar-refractivity contribution in [1.82, 2.24) is 0 Å². The van der Waals surface area contributed by atoms with Gasteiger partial charge >= 0.3 is 5.97 Å². The molecule has 0 aliphatic heterocycles. The molecule has 2 rings (SSSR count). The highest BCUT2D eigenvalue weighted by molar-refractivity contribution is 5.98. The number of para-hydroxylation sites is 2. The zero-order valence-electron chi connectivity index (χ0n) is 11.9. The number of rotatable bonds is 5. The van der Waals surface area contributed by atoms with Crippen molar-refractivity contribution in [1.29, 1.82) is 0 Å². The molecule has 2 N–H and O–H groups in total. The van der Waals surface area contributed by atoms with Gasteiger partial charge in [0, 0.05) is 5.69 Å². The summed E-state index contributed by atoms with van der Waals surface area (Å²) < 4.78 is 18.1. The number of ether oxygens (including phenoxy) is 1. The van der Waals surface area contributed by atoms with Gasteiger partial charge in [0.1, 0.15) is 5.82 Å². The van der Waals surface area contributed by atoms with Gasteiger partial charge < -0.3 is 15.4 Å². The molecule has 22 heavy (non-hydrogen) atoms. The maximum Gasteiger partial charge on any atom is 0.339 e. The Morgan fingerprint density at radius 3 is 2.36 bits per heavy atom. The standard InChI is InChI=1S/C16H15FN2O3/c1-22-16(21)11-6-2-4-8-13(11)18-10-15(20)19-14-9-5-3-7-12(14)17/h2-9,18H,10H2,1H3,(H,19,20). The van der Waals surface area contributed by atoms with E-state index in [0.29, 0.717) is 11.3 Å². The highest BCUT2D eigenvalue weighted by Gasteiger charge is 2.12. The van der Waals surface area contributed by atoms with E-state index in [2.05, 4.69) is 15.4 Å². The summed E-state index contributed by atoms with van der Waals surface area (Å²) in [7, 11) is 1.28. The maximum absolute atomic E-state index is 13.4. The molecule has 0 unspecified atom stereocenters. The Kier molecular flexibility index (Phi) is 5.08. The van der Waals surface area contributed by atoms with Crippen LogP contribution >= 0.6 is 0 Å². The number of amides is 1. The lowest BCUT2D eigenvalue weighted by molar-refractivity contribution is -0.114. The molecule has 0 spiro atoms. The second kappa shape index (κ2) is 7.21. The average Bonchev–Trinajstić information content (AvgIpc) is 2.54. The zero-order chi connectivity index (χ0) is 15.9. The normalized spacial score (nSPS) is 9.91. The SMILES string of the molecule is COC(=O)c1ccccc1NCC(=O)Nc1ccccc1F.